The maximum atomic E-state index is 13.2. The normalized spacial score (nSPS) is 10.9. The maximum absolute atomic E-state index is 13.2. The lowest BCUT2D eigenvalue weighted by atomic mass is 10.1. The molecule has 0 unspecified atom stereocenters. The summed E-state index contributed by atoms with van der Waals surface area (Å²) < 4.78 is 14.9. The lowest BCUT2D eigenvalue weighted by molar-refractivity contribution is -0.115. The predicted molar refractivity (Wildman–Crippen MR) is 118 cm³/mol. The molecule has 4 aromatic rings. The molecule has 1 N–H and O–H groups in total. The second kappa shape index (κ2) is 8.20. The number of nitrogens with one attached hydrogen (secondary N) is 1. The largest absolute Gasteiger partial charge is 0.326 e. The summed E-state index contributed by atoms with van der Waals surface area (Å²) >= 11 is 1.61. The second-order valence-corrected chi connectivity index (χ2v) is 8.15. The van der Waals surface area contributed by atoms with E-state index in [1.165, 1.54) is 12.1 Å². The zero-order chi connectivity index (χ0) is 21.3. The molecule has 2 aromatic heterocycles. The Morgan fingerprint density at radius 1 is 1.07 bits per heavy atom. The number of carbonyl (C=O) groups excluding carboxylic acids is 1. The second-order valence-electron chi connectivity index (χ2n) is 7.09. The highest BCUT2D eigenvalue weighted by molar-refractivity contribution is 7.09. The number of aromatic nitrogens is 3. The fourth-order valence-corrected chi connectivity index (χ4v) is 3.97. The third kappa shape index (κ3) is 4.16. The van der Waals surface area contributed by atoms with Crippen LogP contribution in [0.1, 0.15) is 22.0 Å². The summed E-state index contributed by atoms with van der Waals surface area (Å²) in [5.41, 5.74) is 5.96. The number of benzene rings is 2. The standard InChI is InChI=1S/C23H21FN4OS/c1-14-21(15(2)28(27-14)20-10-6-18(24)7-11-20)12-23(29)26-19-8-4-17(5-9-19)22-13-30-16(3)25-22/h4-11,13H,12H2,1-3H3,(H,26,29). The van der Waals surface area contributed by atoms with Gasteiger partial charge in [-0.15, -0.1) is 11.3 Å². The van der Waals surface area contributed by atoms with Gasteiger partial charge < -0.3 is 5.32 Å². The summed E-state index contributed by atoms with van der Waals surface area (Å²) in [6.45, 7) is 5.77. The van der Waals surface area contributed by atoms with Crippen molar-refractivity contribution < 1.29 is 9.18 Å². The first kappa shape index (κ1) is 20.0. The van der Waals surface area contributed by atoms with E-state index in [2.05, 4.69) is 15.4 Å². The molecule has 0 spiro atoms. The van der Waals surface area contributed by atoms with Crippen molar-refractivity contribution in [2.75, 3.05) is 5.32 Å². The van der Waals surface area contributed by atoms with E-state index in [1.54, 1.807) is 28.2 Å². The van der Waals surface area contributed by atoms with Gasteiger partial charge in [-0.3, -0.25) is 4.79 Å². The molecule has 0 bridgehead atoms. The Balaban J connectivity index is 1.47. The summed E-state index contributed by atoms with van der Waals surface area (Å²) in [6, 6.07) is 13.8. The van der Waals surface area contributed by atoms with E-state index >= 15 is 0 Å². The van der Waals surface area contributed by atoms with Gasteiger partial charge >= 0.3 is 0 Å². The third-order valence-corrected chi connectivity index (χ3v) is 5.71. The van der Waals surface area contributed by atoms with Gasteiger partial charge in [-0.25, -0.2) is 14.1 Å². The molecule has 0 saturated carbocycles. The van der Waals surface area contributed by atoms with E-state index in [9.17, 15) is 9.18 Å². The van der Waals surface area contributed by atoms with Crippen LogP contribution in [0.25, 0.3) is 16.9 Å². The van der Waals surface area contributed by atoms with Crippen LogP contribution in [0.5, 0.6) is 0 Å². The minimum Gasteiger partial charge on any atom is -0.326 e. The van der Waals surface area contributed by atoms with Crippen molar-refractivity contribution in [2.24, 2.45) is 0 Å². The number of amides is 1. The Labute approximate surface area is 178 Å². The number of anilines is 1. The van der Waals surface area contributed by atoms with Gasteiger partial charge in [0.2, 0.25) is 5.91 Å². The number of thiazole rings is 1. The van der Waals surface area contributed by atoms with E-state index in [0.29, 0.717) is 0 Å². The van der Waals surface area contributed by atoms with Crippen molar-refractivity contribution in [2.45, 2.75) is 27.2 Å². The summed E-state index contributed by atoms with van der Waals surface area (Å²) in [6.07, 6.45) is 0.214. The average molecular weight is 421 g/mol. The van der Waals surface area contributed by atoms with E-state index in [0.717, 1.165) is 44.6 Å². The summed E-state index contributed by atoms with van der Waals surface area (Å²) in [4.78, 5) is 17.1. The Kier molecular flexibility index (Phi) is 5.46. The summed E-state index contributed by atoms with van der Waals surface area (Å²) in [7, 11) is 0. The Hall–Kier alpha value is -3.32. The van der Waals surface area contributed by atoms with Gasteiger partial charge in [-0.1, -0.05) is 12.1 Å². The van der Waals surface area contributed by atoms with E-state index in [-0.39, 0.29) is 18.1 Å². The maximum Gasteiger partial charge on any atom is 0.228 e. The molecule has 0 fully saturated rings. The highest BCUT2D eigenvalue weighted by Crippen LogP contribution is 2.24. The number of aryl methyl sites for hydroxylation is 2. The molecule has 2 aromatic carbocycles. The summed E-state index contributed by atoms with van der Waals surface area (Å²) in [5, 5.41) is 10.5. The lowest BCUT2D eigenvalue weighted by Crippen LogP contribution is -2.15. The quantitative estimate of drug-likeness (QED) is 0.480. The van der Waals surface area contributed by atoms with Crippen LogP contribution < -0.4 is 5.32 Å². The van der Waals surface area contributed by atoms with Gasteiger partial charge in [0, 0.05) is 27.9 Å². The molecule has 0 radical (unpaired) electrons. The molecule has 0 aliphatic heterocycles. The van der Waals surface area contributed by atoms with Crippen LogP contribution in [-0.2, 0) is 11.2 Å². The van der Waals surface area contributed by atoms with Crippen molar-refractivity contribution in [3.05, 3.63) is 81.7 Å². The van der Waals surface area contributed by atoms with Gasteiger partial charge in [0.15, 0.2) is 0 Å². The van der Waals surface area contributed by atoms with E-state index in [1.807, 2.05) is 50.4 Å². The van der Waals surface area contributed by atoms with Crippen LogP contribution >= 0.6 is 11.3 Å². The number of rotatable bonds is 5. The smallest absolute Gasteiger partial charge is 0.228 e. The molecular weight excluding hydrogens is 399 g/mol. The fourth-order valence-electron chi connectivity index (χ4n) is 3.35. The molecule has 1 amide bonds. The summed E-state index contributed by atoms with van der Waals surface area (Å²) in [5.74, 6) is -0.409. The fraction of sp³-hybridized carbons (Fsp3) is 0.174. The van der Waals surface area contributed by atoms with Gasteiger partial charge in [-0.05, 0) is 57.2 Å². The third-order valence-electron chi connectivity index (χ3n) is 4.93. The van der Waals surface area contributed by atoms with Crippen LogP contribution in [0.4, 0.5) is 10.1 Å². The van der Waals surface area contributed by atoms with Crippen LogP contribution in [0.2, 0.25) is 0 Å². The number of carbonyl (C=O) groups is 1. The molecule has 4 rings (SSSR count). The SMILES string of the molecule is Cc1nc(-c2ccc(NC(=O)Cc3c(C)nn(-c4ccc(F)cc4)c3C)cc2)cs1. The van der Waals surface area contributed by atoms with Crippen molar-refractivity contribution in [3.63, 3.8) is 0 Å². The zero-order valence-corrected chi connectivity index (χ0v) is 17.8. The van der Waals surface area contributed by atoms with Crippen molar-refractivity contribution in [3.8, 4) is 16.9 Å². The highest BCUT2D eigenvalue weighted by atomic mass is 32.1. The molecule has 0 atom stereocenters. The Morgan fingerprint density at radius 3 is 2.40 bits per heavy atom. The van der Waals surface area contributed by atoms with Gasteiger partial charge in [0.25, 0.3) is 0 Å². The lowest BCUT2D eigenvalue weighted by Gasteiger charge is -2.07. The molecule has 152 valence electrons. The molecule has 0 aliphatic carbocycles. The van der Waals surface area contributed by atoms with Crippen molar-refractivity contribution >= 4 is 22.9 Å². The first-order valence-electron chi connectivity index (χ1n) is 9.54. The van der Waals surface area contributed by atoms with Crippen LogP contribution in [-0.4, -0.2) is 20.7 Å². The topological polar surface area (TPSA) is 59.8 Å². The van der Waals surface area contributed by atoms with Gasteiger partial charge in [-0.2, -0.15) is 5.10 Å². The number of hydrogen-bond acceptors (Lipinski definition) is 4. The molecule has 0 saturated heterocycles. The monoisotopic (exact) mass is 420 g/mol. The molecule has 7 heteroatoms. The first-order chi connectivity index (χ1) is 14.4. The zero-order valence-electron chi connectivity index (χ0n) is 16.9. The highest BCUT2D eigenvalue weighted by Gasteiger charge is 2.16. The molecular formula is C23H21FN4OS. The van der Waals surface area contributed by atoms with E-state index in [4.69, 9.17) is 0 Å². The van der Waals surface area contributed by atoms with Crippen LogP contribution in [0.15, 0.2) is 53.9 Å². The Bertz CT molecular complexity index is 1190. The molecule has 30 heavy (non-hydrogen) atoms. The Morgan fingerprint density at radius 2 is 1.77 bits per heavy atom. The van der Waals surface area contributed by atoms with E-state index < -0.39 is 0 Å². The number of nitrogens with zero attached hydrogens (tertiary/aromatic N) is 3. The van der Waals surface area contributed by atoms with Gasteiger partial charge in [0.1, 0.15) is 5.82 Å². The minimum atomic E-state index is -0.296. The molecule has 5 nitrogen and oxygen atoms in total. The van der Waals surface area contributed by atoms with Crippen LogP contribution in [0.3, 0.4) is 0 Å². The first-order valence-corrected chi connectivity index (χ1v) is 10.4. The molecule has 0 aliphatic rings. The van der Waals surface area contributed by atoms with Crippen molar-refractivity contribution in [1.29, 1.82) is 0 Å². The number of hydrogen-bond donors (Lipinski definition) is 1. The van der Waals surface area contributed by atoms with Gasteiger partial charge in [0.05, 0.1) is 28.5 Å². The van der Waals surface area contributed by atoms with Crippen LogP contribution in [0, 0.1) is 26.6 Å². The number of halogens is 1. The van der Waals surface area contributed by atoms with Crippen molar-refractivity contribution in [1.82, 2.24) is 14.8 Å². The predicted octanol–water partition coefficient (Wildman–Crippen LogP) is 5.24. The molecule has 2 heterocycles. The average Bonchev–Trinajstić information content (AvgIpc) is 3.28. The minimum absolute atomic E-state index is 0.114.